The Kier molecular flexibility index (Phi) is 4.74. The fourth-order valence-corrected chi connectivity index (χ4v) is 2.32. The van der Waals surface area contributed by atoms with Gasteiger partial charge in [0.2, 0.25) is 5.91 Å². The average molecular weight is 243 g/mol. The molecule has 1 aliphatic carbocycles. The highest BCUT2D eigenvalue weighted by Crippen LogP contribution is 2.45. The molecule has 0 unspecified atom stereocenters. The predicted octanol–water partition coefficient (Wildman–Crippen LogP) is 0.302. The lowest BCUT2D eigenvalue weighted by atomic mass is 9.61. The van der Waals surface area contributed by atoms with Gasteiger partial charge in [0.15, 0.2) is 5.84 Å². The second-order valence-electron chi connectivity index (χ2n) is 4.68. The molecule has 0 saturated heterocycles. The van der Waals surface area contributed by atoms with Crippen molar-refractivity contribution in [1.82, 2.24) is 5.32 Å². The van der Waals surface area contributed by atoms with Crippen LogP contribution in [0.15, 0.2) is 5.16 Å². The van der Waals surface area contributed by atoms with Crippen LogP contribution < -0.4 is 11.1 Å². The number of oxime groups is 1. The van der Waals surface area contributed by atoms with Crippen LogP contribution in [0, 0.1) is 11.3 Å². The SMILES string of the molecule is COCCCNC(=O)C1(C(N)=NO)CC(C)C1. The van der Waals surface area contributed by atoms with Gasteiger partial charge in [-0.1, -0.05) is 12.1 Å². The molecular formula is C11H21N3O3. The summed E-state index contributed by atoms with van der Waals surface area (Å²) >= 11 is 0. The van der Waals surface area contributed by atoms with Crippen LogP contribution in [0.5, 0.6) is 0 Å². The number of nitrogens with two attached hydrogens (primary N) is 1. The Balaban J connectivity index is 2.51. The number of nitrogens with zero attached hydrogens (tertiary/aromatic N) is 1. The number of amidine groups is 1. The minimum absolute atomic E-state index is 0.0137. The van der Waals surface area contributed by atoms with E-state index < -0.39 is 5.41 Å². The van der Waals surface area contributed by atoms with Gasteiger partial charge in [0.1, 0.15) is 5.41 Å². The lowest BCUT2D eigenvalue weighted by molar-refractivity contribution is -0.133. The van der Waals surface area contributed by atoms with Gasteiger partial charge < -0.3 is 21.0 Å². The van der Waals surface area contributed by atoms with Gasteiger partial charge in [-0.25, -0.2) is 0 Å². The van der Waals surface area contributed by atoms with Crippen molar-refractivity contribution in [3.05, 3.63) is 0 Å². The molecule has 0 heterocycles. The number of carbonyl (C=O) groups is 1. The third-order valence-corrected chi connectivity index (χ3v) is 3.24. The van der Waals surface area contributed by atoms with Gasteiger partial charge >= 0.3 is 0 Å². The summed E-state index contributed by atoms with van der Waals surface area (Å²) < 4.78 is 4.90. The minimum atomic E-state index is -0.804. The normalized spacial score (nSPS) is 28.6. The number of hydrogen-bond acceptors (Lipinski definition) is 4. The summed E-state index contributed by atoms with van der Waals surface area (Å²) in [5.74, 6) is 0.293. The Morgan fingerprint density at radius 1 is 1.65 bits per heavy atom. The van der Waals surface area contributed by atoms with Crippen LogP contribution in [0.25, 0.3) is 0 Å². The summed E-state index contributed by atoms with van der Waals surface area (Å²) in [5.41, 5.74) is 4.82. The third kappa shape index (κ3) is 2.88. The Hall–Kier alpha value is -1.30. The molecular weight excluding hydrogens is 222 g/mol. The molecule has 98 valence electrons. The number of nitrogens with one attached hydrogen (secondary N) is 1. The number of amides is 1. The molecule has 0 aromatic heterocycles. The maximum atomic E-state index is 12.0. The Labute approximate surface area is 101 Å². The summed E-state index contributed by atoms with van der Waals surface area (Å²) in [5, 5.41) is 14.5. The Morgan fingerprint density at radius 3 is 2.76 bits per heavy atom. The van der Waals surface area contributed by atoms with E-state index in [1.807, 2.05) is 6.92 Å². The highest BCUT2D eigenvalue weighted by molar-refractivity contribution is 6.07. The van der Waals surface area contributed by atoms with Crippen LogP contribution >= 0.6 is 0 Å². The standard InChI is InChI=1S/C11H21N3O3/c1-8-6-11(7-8,9(12)14-16)10(15)13-4-3-5-17-2/h8,16H,3-7H2,1-2H3,(H2,12,14)(H,13,15). The van der Waals surface area contributed by atoms with Crippen LogP contribution in [0.2, 0.25) is 0 Å². The molecule has 0 bridgehead atoms. The topological polar surface area (TPSA) is 96.9 Å². The smallest absolute Gasteiger partial charge is 0.233 e. The summed E-state index contributed by atoms with van der Waals surface area (Å²) in [4.78, 5) is 12.0. The number of rotatable bonds is 6. The van der Waals surface area contributed by atoms with Crippen molar-refractivity contribution in [2.75, 3.05) is 20.3 Å². The largest absolute Gasteiger partial charge is 0.409 e. The van der Waals surface area contributed by atoms with Crippen LogP contribution in [0.4, 0.5) is 0 Å². The maximum Gasteiger partial charge on any atom is 0.233 e. The summed E-state index contributed by atoms with van der Waals surface area (Å²) in [6, 6.07) is 0. The molecule has 6 heteroatoms. The summed E-state index contributed by atoms with van der Waals surface area (Å²) in [6.07, 6.45) is 2.03. The molecule has 0 radical (unpaired) electrons. The molecule has 0 aliphatic heterocycles. The highest BCUT2D eigenvalue weighted by atomic mass is 16.5. The van der Waals surface area contributed by atoms with Crippen molar-refractivity contribution in [2.45, 2.75) is 26.2 Å². The first kappa shape index (κ1) is 13.8. The van der Waals surface area contributed by atoms with E-state index in [1.165, 1.54) is 0 Å². The lowest BCUT2D eigenvalue weighted by Gasteiger charge is -2.43. The molecule has 1 amide bonds. The van der Waals surface area contributed by atoms with E-state index in [0.717, 1.165) is 6.42 Å². The zero-order valence-corrected chi connectivity index (χ0v) is 10.4. The van der Waals surface area contributed by atoms with Gasteiger partial charge in [-0.2, -0.15) is 0 Å². The van der Waals surface area contributed by atoms with Gasteiger partial charge in [-0.3, -0.25) is 4.79 Å². The van der Waals surface area contributed by atoms with Gasteiger partial charge in [0, 0.05) is 20.3 Å². The molecule has 1 rings (SSSR count). The number of hydrogen-bond donors (Lipinski definition) is 3. The van der Waals surface area contributed by atoms with E-state index >= 15 is 0 Å². The number of carbonyl (C=O) groups excluding carboxylic acids is 1. The zero-order chi connectivity index (χ0) is 12.9. The van der Waals surface area contributed by atoms with E-state index in [-0.39, 0.29) is 11.7 Å². The van der Waals surface area contributed by atoms with E-state index in [2.05, 4.69) is 10.5 Å². The second kappa shape index (κ2) is 5.86. The molecule has 0 aromatic carbocycles. The van der Waals surface area contributed by atoms with Crippen molar-refractivity contribution >= 4 is 11.7 Å². The van der Waals surface area contributed by atoms with Crippen LogP contribution in [-0.4, -0.2) is 37.2 Å². The molecule has 1 saturated carbocycles. The molecule has 4 N–H and O–H groups in total. The molecule has 0 spiro atoms. The predicted molar refractivity (Wildman–Crippen MR) is 63.7 cm³/mol. The molecule has 0 atom stereocenters. The summed E-state index contributed by atoms with van der Waals surface area (Å²) in [7, 11) is 1.62. The molecule has 17 heavy (non-hydrogen) atoms. The van der Waals surface area contributed by atoms with Crippen LogP contribution in [-0.2, 0) is 9.53 Å². The fourth-order valence-electron chi connectivity index (χ4n) is 2.32. The van der Waals surface area contributed by atoms with E-state index in [9.17, 15) is 4.79 Å². The maximum absolute atomic E-state index is 12.0. The van der Waals surface area contributed by atoms with E-state index in [4.69, 9.17) is 15.7 Å². The second-order valence-corrected chi connectivity index (χ2v) is 4.68. The zero-order valence-electron chi connectivity index (χ0n) is 10.4. The van der Waals surface area contributed by atoms with Crippen LogP contribution in [0.1, 0.15) is 26.2 Å². The van der Waals surface area contributed by atoms with Crippen molar-refractivity contribution in [3.8, 4) is 0 Å². The lowest BCUT2D eigenvalue weighted by Crippen LogP contribution is -2.56. The number of ether oxygens (including phenoxy) is 1. The molecule has 0 aromatic rings. The van der Waals surface area contributed by atoms with E-state index in [1.54, 1.807) is 7.11 Å². The highest BCUT2D eigenvalue weighted by Gasteiger charge is 2.51. The van der Waals surface area contributed by atoms with Crippen molar-refractivity contribution in [2.24, 2.45) is 22.2 Å². The molecule has 1 fully saturated rings. The minimum Gasteiger partial charge on any atom is -0.409 e. The van der Waals surface area contributed by atoms with E-state index in [0.29, 0.717) is 31.9 Å². The van der Waals surface area contributed by atoms with Crippen LogP contribution in [0.3, 0.4) is 0 Å². The molecule has 1 aliphatic rings. The third-order valence-electron chi connectivity index (χ3n) is 3.24. The fraction of sp³-hybridized carbons (Fsp3) is 0.818. The summed E-state index contributed by atoms with van der Waals surface area (Å²) in [6.45, 7) is 3.19. The first-order valence-corrected chi connectivity index (χ1v) is 5.82. The number of methoxy groups -OCH3 is 1. The first-order valence-electron chi connectivity index (χ1n) is 5.82. The van der Waals surface area contributed by atoms with Crippen molar-refractivity contribution < 1.29 is 14.7 Å². The first-order chi connectivity index (χ1) is 8.06. The monoisotopic (exact) mass is 243 g/mol. The Bertz CT molecular complexity index is 298. The van der Waals surface area contributed by atoms with Gasteiger partial charge in [-0.15, -0.1) is 0 Å². The molecule has 6 nitrogen and oxygen atoms in total. The van der Waals surface area contributed by atoms with Gasteiger partial charge in [0.25, 0.3) is 0 Å². The van der Waals surface area contributed by atoms with Gasteiger partial charge in [-0.05, 0) is 25.2 Å². The van der Waals surface area contributed by atoms with Crippen molar-refractivity contribution in [1.29, 1.82) is 0 Å². The van der Waals surface area contributed by atoms with Crippen molar-refractivity contribution in [3.63, 3.8) is 0 Å². The van der Waals surface area contributed by atoms with Gasteiger partial charge in [0.05, 0.1) is 0 Å². The Morgan fingerprint density at radius 2 is 2.29 bits per heavy atom. The average Bonchev–Trinajstić information content (AvgIpc) is 2.29. The quantitative estimate of drug-likeness (QED) is 0.205.